The normalized spacial score (nSPS) is 11.6. The molecule has 0 aliphatic heterocycles. The molecule has 0 aliphatic carbocycles. The second-order valence-corrected chi connectivity index (χ2v) is 6.43. The molecule has 1 aromatic carbocycles. The summed E-state index contributed by atoms with van der Waals surface area (Å²) in [6.45, 7) is 0.00968. The molecule has 0 saturated heterocycles. The molecule has 0 radical (unpaired) electrons. The Labute approximate surface area is 129 Å². The largest absolute Gasteiger partial charge is 0.410 e. The Hall–Kier alpha value is -1.68. The number of nitrogens with zero attached hydrogens (tertiary/aromatic N) is 3. The van der Waals surface area contributed by atoms with Crippen LogP contribution < -0.4 is 5.14 Å². The van der Waals surface area contributed by atoms with Gasteiger partial charge < -0.3 is 10.1 Å². The molecule has 0 atom stereocenters. The number of aromatic nitrogens is 2. The predicted octanol–water partition coefficient (Wildman–Crippen LogP) is 1.79. The van der Waals surface area contributed by atoms with E-state index in [-0.39, 0.29) is 6.54 Å². The van der Waals surface area contributed by atoms with Gasteiger partial charge in [0.1, 0.15) is 0 Å². The zero-order chi connectivity index (χ0) is 15.8. The smallest absolute Gasteiger partial charge is 0.358 e. The van der Waals surface area contributed by atoms with Gasteiger partial charge in [-0.25, -0.2) is 13.6 Å². The Balaban J connectivity index is 2.47. The number of benzene rings is 1. The van der Waals surface area contributed by atoms with Gasteiger partial charge in [0.05, 0.1) is 17.8 Å². The van der Waals surface area contributed by atoms with E-state index in [1.54, 1.807) is 18.2 Å². The fraction of sp³-hybridized carbons (Fsp3) is 0.100. The summed E-state index contributed by atoms with van der Waals surface area (Å²) in [5.41, 5.74) is 0.530. The van der Waals surface area contributed by atoms with Gasteiger partial charge in [-0.2, -0.15) is 4.68 Å². The maximum atomic E-state index is 11.3. The highest BCUT2D eigenvalue weighted by molar-refractivity contribution is 7.89. The molecule has 0 bridgehead atoms. The second kappa shape index (κ2) is 5.60. The Morgan fingerprint density at radius 2 is 2.05 bits per heavy atom. The lowest BCUT2D eigenvalue weighted by atomic mass is 10.2. The molecule has 2 N–H and O–H groups in total. The number of primary sulfonamides is 1. The third kappa shape index (κ3) is 3.50. The van der Waals surface area contributed by atoms with Crippen LogP contribution in [0.3, 0.4) is 0 Å². The Kier molecular flexibility index (Phi) is 4.19. The van der Waals surface area contributed by atoms with Crippen LogP contribution in [-0.2, 0) is 16.6 Å². The lowest BCUT2D eigenvalue weighted by molar-refractivity contribution is -0.392. The summed E-state index contributed by atoms with van der Waals surface area (Å²) < 4.78 is 23.7. The minimum Gasteiger partial charge on any atom is -0.358 e. The fourth-order valence-electron chi connectivity index (χ4n) is 1.64. The third-order valence-electron chi connectivity index (χ3n) is 2.53. The summed E-state index contributed by atoms with van der Waals surface area (Å²) in [6.07, 6.45) is 0.977. The highest BCUT2D eigenvalue weighted by Gasteiger charge is 2.29. The summed E-state index contributed by atoms with van der Waals surface area (Å²) in [7, 11) is -4.25. The van der Waals surface area contributed by atoms with Crippen molar-refractivity contribution in [3.05, 3.63) is 50.1 Å². The Morgan fingerprint density at radius 1 is 1.38 bits per heavy atom. The van der Waals surface area contributed by atoms with Crippen molar-refractivity contribution in [2.24, 2.45) is 5.14 Å². The van der Waals surface area contributed by atoms with Crippen molar-refractivity contribution in [3.8, 4) is 0 Å². The summed E-state index contributed by atoms with van der Waals surface area (Å²) in [6, 6.07) is 4.68. The number of rotatable bonds is 4. The molecule has 21 heavy (non-hydrogen) atoms. The van der Waals surface area contributed by atoms with E-state index in [0.29, 0.717) is 15.6 Å². The first-order valence-electron chi connectivity index (χ1n) is 5.37. The fourth-order valence-corrected chi connectivity index (χ4v) is 2.65. The van der Waals surface area contributed by atoms with Crippen molar-refractivity contribution in [1.29, 1.82) is 0 Å². The molecule has 11 heteroatoms. The monoisotopic (exact) mass is 350 g/mol. The van der Waals surface area contributed by atoms with Gasteiger partial charge in [0.2, 0.25) is 14.9 Å². The van der Waals surface area contributed by atoms with Gasteiger partial charge in [-0.15, -0.1) is 0 Å². The van der Waals surface area contributed by atoms with Gasteiger partial charge in [0, 0.05) is 10.0 Å². The average Bonchev–Trinajstić information content (AvgIpc) is 2.78. The SMILES string of the molecule is NS(=O)(=O)c1cn(Cc2cc(Cl)ccc2Cl)nc1[N+](=O)[O-]. The van der Waals surface area contributed by atoms with Crippen LogP contribution in [0.1, 0.15) is 5.56 Å². The predicted molar refractivity (Wildman–Crippen MR) is 75.8 cm³/mol. The van der Waals surface area contributed by atoms with E-state index in [0.717, 1.165) is 10.9 Å². The first-order valence-corrected chi connectivity index (χ1v) is 7.67. The van der Waals surface area contributed by atoms with Gasteiger partial charge in [-0.05, 0) is 28.7 Å². The van der Waals surface area contributed by atoms with Gasteiger partial charge in [0.25, 0.3) is 0 Å². The highest BCUT2D eigenvalue weighted by atomic mass is 35.5. The van der Waals surface area contributed by atoms with Crippen molar-refractivity contribution < 1.29 is 13.3 Å². The molecule has 2 aromatic rings. The number of sulfonamides is 1. The molecule has 0 spiro atoms. The van der Waals surface area contributed by atoms with Crippen LogP contribution in [0.25, 0.3) is 0 Å². The standard InChI is InChI=1S/C10H8Cl2N4O4S/c11-7-1-2-8(12)6(3-7)4-15-5-9(21(13,19)20)10(14-15)16(17)18/h1-3,5H,4H2,(H2,13,19,20). The van der Waals surface area contributed by atoms with Gasteiger partial charge >= 0.3 is 5.82 Å². The molecule has 0 amide bonds. The molecule has 1 aromatic heterocycles. The lowest BCUT2D eigenvalue weighted by Crippen LogP contribution is -2.13. The van der Waals surface area contributed by atoms with Crippen LogP contribution in [0.4, 0.5) is 5.82 Å². The maximum absolute atomic E-state index is 11.3. The molecule has 0 aliphatic rings. The van der Waals surface area contributed by atoms with E-state index in [1.165, 1.54) is 0 Å². The van der Waals surface area contributed by atoms with Crippen molar-refractivity contribution in [3.63, 3.8) is 0 Å². The highest BCUT2D eigenvalue weighted by Crippen LogP contribution is 2.24. The van der Waals surface area contributed by atoms with Gasteiger partial charge in [0.15, 0.2) is 0 Å². The van der Waals surface area contributed by atoms with Crippen LogP contribution in [0.2, 0.25) is 10.0 Å². The van der Waals surface area contributed by atoms with Crippen molar-refractivity contribution in [1.82, 2.24) is 9.78 Å². The van der Waals surface area contributed by atoms with Crippen LogP contribution in [-0.4, -0.2) is 23.1 Å². The Morgan fingerprint density at radius 3 is 2.57 bits per heavy atom. The summed E-state index contributed by atoms with van der Waals surface area (Å²) in [5.74, 6) is -0.837. The third-order valence-corrected chi connectivity index (χ3v) is 4.03. The first-order chi connectivity index (χ1) is 9.68. The molecule has 1 heterocycles. The first kappa shape index (κ1) is 15.7. The molecular formula is C10H8Cl2N4O4S. The number of halogens is 2. The summed E-state index contributed by atoms with van der Waals surface area (Å²) in [4.78, 5) is 9.24. The molecule has 112 valence electrons. The van der Waals surface area contributed by atoms with Crippen LogP contribution in [0.5, 0.6) is 0 Å². The van der Waals surface area contributed by atoms with E-state index in [2.05, 4.69) is 5.10 Å². The number of nitro groups is 1. The maximum Gasteiger partial charge on any atom is 0.410 e. The minimum atomic E-state index is -4.25. The zero-order valence-electron chi connectivity index (χ0n) is 10.2. The topological polar surface area (TPSA) is 121 Å². The minimum absolute atomic E-state index is 0.00968. The average molecular weight is 351 g/mol. The number of hydrogen-bond acceptors (Lipinski definition) is 5. The summed E-state index contributed by atoms with van der Waals surface area (Å²) >= 11 is 11.8. The van der Waals surface area contributed by atoms with E-state index in [4.69, 9.17) is 28.3 Å². The van der Waals surface area contributed by atoms with Crippen LogP contribution in [0, 0.1) is 10.1 Å². The van der Waals surface area contributed by atoms with Crippen molar-refractivity contribution in [2.75, 3.05) is 0 Å². The van der Waals surface area contributed by atoms with E-state index >= 15 is 0 Å². The molecule has 0 fully saturated rings. The molecule has 0 saturated carbocycles. The van der Waals surface area contributed by atoms with Crippen molar-refractivity contribution in [2.45, 2.75) is 11.4 Å². The van der Waals surface area contributed by atoms with Gasteiger partial charge in [-0.1, -0.05) is 23.2 Å². The van der Waals surface area contributed by atoms with E-state index in [1.807, 2.05) is 0 Å². The van der Waals surface area contributed by atoms with Gasteiger partial charge in [-0.3, -0.25) is 0 Å². The van der Waals surface area contributed by atoms with Crippen LogP contribution >= 0.6 is 23.2 Å². The zero-order valence-corrected chi connectivity index (χ0v) is 12.6. The lowest BCUT2D eigenvalue weighted by Gasteiger charge is -2.02. The van der Waals surface area contributed by atoms with E-state index in [9.17, 15) is 18.5 Å². The van der Waals surface area contributed by atoms with Crippen molar-refractivity contribution >= 4 is 39.0 Å². The van der Waals surface area contributed by atoms with Crippen LogP contribution in [0.15, 0.2) is 29.3 Å². The molecular weight excluding hydrogens is 343 g/mol. The molecule has 8 nitrogen and oxygen atoms in total. The number of nitrogens with two attached hydrogens (primary N) is 1. The number of hydrogen-bond donors (Lipinski definition) is 1. The Bertz CT molecular complexity index is 818. The summed E-state index contributed by atoms with van der Waals surface area (Å²) in [5, 5.41) is 20.1. The molecule has 0 unspecified atom stereocenters. The van der Waals surface area contributed by atoms with E-state index < -0.39 is 25.7 Å². The molecule has 2 rings (SSSR count). The second-order valence-electron chi connectivity index (χ2n) is 4.05. The quantitative estimate of drug-likeness (QED) is 0.665.